The number of aromatic nitrogens is 1. The molecule has 2 heterocycles. The van der Waals surface area contributed by atoms with Crippen molar-refractivity contribution in [2.45, 2.75) is 25.5 Å². The molecule has 0 saturated carbocycles. The molecule has 156 valence electrons. The van der Waals surface area contributed by atoms with Gasteiger partial charge >= 0.3 is 6.09 Å². The molecule has 1 atom stereocenters. The molecule has 31 heavy (non-hydrogen) atoms. The standard InChI is InChI=1S/C25H22N2O3S/c28-25(29)27-14-6-11-22(27)24-26-21(16-31-24)19-12-13-23(20-10-5-4-9-18(19)20)30-15-17-7-2-1-3-8-17/h1-5,7-10,12-13,16,22H,6,11,14-15H2,(H,28,29). The lowest BCUT2D eigenvalue weighted by molar-refractivity contribution is 0.140. The lowest BCUT2D eigenvalue weighted by Gasteiger charge is -2.19. The molecule has 5 nitrogen and oxygen atoms in total. The number of likely N-dealkylation sites (tertiary alicyclic amines) is 1. The lowest BCUT2D eigenvalue weighted by atomic mass is 10.0. The van der Waals surface area contributed by atoms with E-state index in [0.717, 1.165) is 51.2 Å². The molecule has 4 aromatic rings. The Morgan fingerprint density at radius 2 is 1.84 bits per heavy atom. The van der Waals surface area contributed by atoms with Crippen LogP contribution in [0.3, 0.4) is 0 Å². The minimum absolute atomic E-state index is 0.143. The van der Waals surface area contributed by atoms with Crippen LogP contribution < -0.4 is 4.74 Å². The Balaban J connectivity index is 1.46. The fourth-order valence-corrected chi connectivity index (χ4v) is 5.14. The summed E-state index contributed by atoms with van der Waals surface area (Å²) in [5.41, 5.74) is 3.03. The summed E-state index contributed by atoms with van der Waals surface area (Å²) >= 11 is 1.54. The van der Waals surface area contributed by atoms with Crippen molar-refractivity contribution in [1.82, 2.24) is 9.88 Å². The van der Waals surface area contributed by atoms with Crippen LogP contribution in [0.5, 0.6) is 5.75 Å². The number of carbonyl (C=O) groups is 1. The molecule has 1 aliphatic rings. The van der Waals surface area contributed by atoms with Gasteiger partial charge in [-0.15, -0.1) is 11.3 Å². The van der Waals surface area contributed by atoms with E-state index in [1.54, 1.807) is 0 Å². The van der Waals surface area contributed by atoms with Crippen LogP contribution in [0.1, 0.15) is 29.5 Å². The van der Waals surface area contributed by atoms with Crippen molar-refractivity contribution in [3.63, 3.8) is 0 Å². The van der Waals surface area contributed by atoms with Crippen LogP contribution in [0.4, 0.5) is 4.79 Å². The molecule has 3 aromatic carbocycles. The zero-order valence-electron chi connectivity index (χ0n) is 16.9. The van der Waals surface area contributed by atoms with E-state index in [1.807, 2.05) is 47.8 Å². The highest BCUT2D eigenvalue weighted by atomic mass is 32.1. The maximum absolute atomic E-state index is 11.5. The molecule has 0 bridgehead atoms. The fourth-order valence-electron chi connectivity index (χ4n) is 4.17. The molecule has 6 heteroatoms. The molecule has 0 aliphatic carbocycles. The summed E-state index contributed by atoms with van der Waals surface area (Å²) in [5, 5.41) is 14.5. The highest BCUT2D eigenvalue weighted by Crippen LogP contribution is 2.39. The van der Waals surface area contributed by atoms with Gasteiger partial charge in [-0.2, -0.15) is 0 Å². The molecule has 0 radical (unpaired) electrons. The molecule has 1 saturated heterocycles. The minimum Gasteiger partial charge on any atom is -0.488 e. The Morgan fingerprint density at radius 3 is 2.65 bits per heavy atom. The van der Waals surface area contributed by atoms with Gasteiger partial charge in [-0.25, -0.2) is 9.78 Å². The fraction of sp³-hybridized carbons (Fsp3) is 0.200. The van der Waals surface area contributed by atoms with Crippen molar-refractivity contribution in [2.75, 3.05) is 6.54 Å². The molecule has 1 amide bonds. The number of carboxylic acid groups (broad SMARTS) is 1. The Bertz CT molecular complexity index is 1220. The molecule has 1 aliphatic heterocycles. The maximum Gasteiger partial charge on any atom is 0.407 e. The van der Waals surface area contributed by atoms with Gasteiger partial charge < -0.3 is 9.84 Å². The first-order chi connectivity index (χ1) is 15.2. The van der Waals surface area contributed by atoms with Crippen LogP contribution in [0, 0.1) is 0 Å². The summed E-state index contributed by atoms with van der Waals surface area (Å²) in [6, 6.07) is 22.2. The van der Waals surface area contributed by atoms with E-state index < -0.39 is 6.09 Å². The molecule has 1 unspecified atom stereocenters. The van der Waals surface area contributed by atoms with E-state index in [0.29, 0.717) is 13.2 Å². The van der Waals surface area contributed by atoms with Gasteiger partial charge in [0.25, 0.3) is 0 Å². The molecule has 1 aromatic heterocycles. The predicted molar refractivity (Wildman–Crippen MR) is 123 cm³/mol. The zero-order valence-corrected chi connectivity index (χ0v) is 17.7. The van der Waals surface area contributed by atoms with Gasteiger partial charge in [0.2, 0.25) is 0 Å². The topological polar surface area (TPSA) is 62.7 Å². The van der Waals surface area contributed by atoms with Crippen molar-refractivity contribution in [1.29, 1.82) is 0 Å². The summed E-state index contributed by atoms with van der Waals surface area (Å²) in [5.74, 6) is 0.839. The number of hydrogen-bond donors (Lipinski definition) is 1. The van der Waals surface area contributed by atoms with Crippen LogP contribution in [0.2, 0.25) is 0 Å². The van der Waals surface area contributed by atoms with Crippen molar-refractivity contribution >= 4 is 28.2 Å². The third-order valence-corrected chi connectivity index (χ3v) is 6.65. The average molecular weight is 431 g/mol. The molecular weight excluding hydrogens is 408 g/mol. The van der Waals surface area contributed by atoms with E-state index in [2.05, 4.69) is 24.3 Å². The first-order valence-electron chi connectivity index (χ1n) is 10.3. The van der Waals surface area contributed by atoms with Gasteiger partial charge in [-0.3, -0.25) is 4.90 Å². The lowest BCUT2D eigenvalue weighted by Crippen LogP contribution is -2.28. The molecule has 5 rings (SSSR count). The van der Waals surface area contributed by atoms with Gasteiger partial charge in [0.15, 0.2) is 0 Å². The highest BCUT2D eigenvalue weighted by molar-refractivity contribution is 7.10. The summed E-state index contributed by atoms with van der Waals surface area (Å²) < 4.78 is 6.13. The van der Waals surface area contributed by atoms with Crippen LogP contribution >= 0.6 is 11.3 Å². The Kier molecular flexibility index (Phi) is 5.30. The van der Waals surface area contributed by atoms with Crippen molar-refractivity contribution in [3.8, 4) is 17.0 Å². The number of fused-ring (bicyclic) bond motifs is 1. The van der Waals surface area contributed by atoms with E-state index in [1.165, 1.54) is 16.2 Å². The first-order valence-corrected chi connectivity index (χ1v) is 11.2. The number of rotatable bonds is 5. The van der Waals surface area contributed by atoms with Gasteiger partial charge in [0.1, 0.15) is 17.4 Å². The Morgan fingerprint density at radius 1 is 1.06 bits per heavy atom. The molecular formula is C25H22N2O3S. The number of nitrogens with zero attached hydrogens (tertiary/aromatic N) is 2. The van der Waals surface area contributed by atoms with E-state index in [4.69, 9.17) is 9.72 Å². The third kappa shape index (κ3) is 3.86. The number of benzene rings is 3. The summed E-state index contributed by atoms with van der Waals surface area (Å²) in [4.78, 5) is 17.9. The quantitative estimate of drug-likeness (QED) is 0.400. The second kappa shape index (κ2) is 8.40. The summed E-state index contributed by atoms with van der Waals surface area (Å²) in [6.45, 7) is 1.09. The first kappa shape index (κ1) is 19.6. The van der Waals surface area contributed by atoms with Crippen LogP contribution in [-0.4, -0.2) is 27.6 Å². The number of thiazole rings is 1. The van der Waals surface area contributed by atoms with Gasteiger partial charge in [-0.05, 0) is 35.9 Å². The second-order valence-electron chi connectivity index (χ2n) is 7.64. The Labute approximate surface area is 184 Å². The zero-order chi connectivity index (χ0) is 21.2. The van der Waals surface area contributed by atoms with Crippen molar-refractivity contribution in [3.05, 3.63) is 82.7 Å². The van der Waals surface area contributed by atoms with Crippen molar-refractivity contribution < 1.29 is 14.6 Å². The van der Waals surface area contributed by atoms with Gasteiger partial charge in [0.05, 0.1) is 11.7 Å². The normalized spacial score (nSPS) is 16.0. The minimum atomic E-state index is -0.871. The Hall–Kier alpha value is -3.38. The second-order valence-corrected chi connectivity index (χ2v) is 8.53. The number of ether oxygens (including phenoxy) is 1. The molecule has 1 fully saturated rings. The van der Waals surface area contributed by atoms with E-state index in [9.17, 15) is 9.90 Å². The number of amides is 1. The molecule has 0 spiro atoms. The SMILES string of the molecule is O=C(O)N1CCCC1c1nc(-c2ccc(OCc3ccccc3)c3ccccc23)cs1. The summed E-state index contributed by atoms with van der Waals surface area (Å²) in [6.07, 6.45) is 0.832. The largest absolute Gasteiger partial charge is 0.488 e. The highest BCUT2D eigenvalue weighted by Gasteiger charge is 2.32. The monoisotopic (exact) mass is 430 g/mol. The smallest absolute Gasteiger partial charge is 0.407 e. The maximum atomic E-state index is 11.5. The van der Waals surface area contributed by atoms with Crippen LogP contribution in [-0.2, 0) is 6.61 Å². The van der Waals surface area contributed by atoms with Gasteiger partial charge in [-0.1, -0.05) is 54.6 Å². The van der Waals surface area contributed by atoms with E-state index in [-0.39, 0.29) is 6.04 Å². The van der Waals surface area contributed by atoms with Gasteiger partial charge in [0, 0.05) is 22.9 Å². The predicted octanol–water partition coefficient (Wildman–Crippen LogP) is 6.36. The molecule has 1 N–H and O–H groups in total. The van der Waals surface area contributed by atoms with Crippen LogP contribution in [0.15, 0.2) is 72.1 Å². The number of hydrogen-bond acceptors (Lipinski definition) is 4. The third-order valence-electron chi connectivity index (χ3n) is 5.70. The van der Waals surface area contributed by atoms with Crippen molar-refractivity contribution in [2.24, 2.45) is 0 Å². The van der Waals surface area contributed by atoms with Crippen LogP contribution in [0.25, 0.3) is 22.0 Å². The summed E-state index contributed by atoms with van der Waals surface area (Å²) in [7, 11) is 0. The average Bonchev–Trinajstić information content (AvgIpc) is 3.48. The van der Waals surface area contributed by atoms with E-state index >= 15 is 0 Å².